The first-order valence-corrected chi connectivity index (χ1v) is 5.22. The average molecular weight is 268 g/mol. The standard InChI is InChI=1S/C10H10BrN3O/c1-12-10-13-5-6-7(11)3-4-8(15-2)9(6)14-10/h3-5H,1-2H3,(H,12,13,14). The average Bonchev–Trinajstić information content (AvgIpc) is 2.29. The van der Waals surface area contributed by atoms with Gasteiger partial charge >= 0.3 is 0 Å². The largest absolute Gasteiger partial charge is 0.494 e. The van der Waals surface area contributed by atoms with Crippen LogP contribution in [0.15, 0.2) is 22.8 Å². The quantitative estimate of drug-likeness (QED) is 0.908. The number of halogens is 1. The molecule has 1 N–H and O–H groups in total. The first-order valence-electron chi connectivity index (χ1n) is 4.43. The van der Waals surface area contributed by atoms with Crippen molar-refractivity contribution in [3.63, 3.8) is 0 Å². The second-order valence-corrected chi connectivity index (χ2v) is 3.81. The molecule has 0 radical (unpaired) electrons. The highest BCUT2D eigenvalue weighted by Crippen LogP contribution is 2.30. The third-order valence-electron chi connectivity index (χ3n) is 2.10. The molecule has 0 atom stereocenters. The summed E-state index contributed by atoms with van der Waals surface area (Å²) in [6.45, 7) is 0. The Kier molecular flexibility index (Phi) is 2.73. The lowest BCUT2D eigenvalue weighted by Gasteiger charge is -2.07. The molecule has 0 saturated carbocycles. The molecule has 1 heterocycles. The molecule has 0 unspecified atom stereocenters. The van der Waals surface area contributed by atoms with Crippen molar-refractivity contribution in [1.29, 1.82) is 0 Å². The number of nitrogens with one attached hydrogen (secondary N) is 1. The van der Waals surface area contributed by atoms with Crippen molar-refractivity contribution >= 4 is 32.8 Å². The van der Waals surface area contributed by atoms with Crippen molar-refractivity contribution in [2.24, 2.45) is 0 Å². The van der Waals surface area contributed by atoms with Gasteiger partial charge in [-0.2, -0.15) is 0 Å². The number of rotatable bonds is 2. The summed E-state index contributed by atoms with van der Waals surface area (Å²) in [7, 11) is 3.41. The van der Waals surface area contributed by atoms with E-state index in [9.17, 15) is 0 Å². The third-order valence-corrected chi connectivity index (χ3v) is 2.80. The summed E-state index contributed by atoms with van der Waals surface area (Å²) in [6.07, 6.45) is 1.76. The van der Waals surface area contributed by atoms with Crippen molar-refractivity contribution in [2.75, 3.05) is 19.5 Å². The number of nitrogens with zero attached hydrogens (tertiary/aromatic N) is 2. The van der Waals surface area contributed by atoms with E-state index in [-0.39, 0.29) is 0 Å². The predicted molar refractivity (Wildman–Crippen MR) is 63.3 cm³/mol. The monoisotopic (exact) mass is 267 g/mol. The minimum atomic E-state index is 0.582. The Morgan fingerprint density at radius 2 is 2.20 bits per heavy atom. The van der Waals surface area contributed by atoms with E-state index in [4.69, 9.17) is 4.74 Å². The van der Waals surface area contributed by atoms with Gasteiger partial charge in [-0.15, -0.1) is 0 Å². The third kappa shape index (κ3) is 1.74. The lowest BCUT2D eigenvalue weighted by molar-refractivity contribution is 0.419. The maximum Gasteiger partial charge on any atom is 0.223 e. The number of methoxy groups -OCH3 is 1. The van der Waals surface area contributed by atoms with Crippen LogP contribution in [0.5, 0.6) is 5.75 Å². The van der Waals surface area contributed by atoms with E-state index < -0.39 is 0 Å². The Morgan fingerprint density at radius 3 is 2.87 bits per heavy atom. The molecule has 0 aliphatic rings. The van der Waals surface area contributed by atoms with Crippen molar-refractivity contribution < 1.29 is 4.74 Å². The highest BCUT2D eigenvalue weighted by Gasteiger charge is 2.07. The molecule has 0 aliphatic carbocycles. The zero-order valence-corrected chi connectivity index (χ0v) is 10.00. The smallest absolute Gasteiger partial charge is 0.223 e. The van der Waals surface area contributed by atoms with Crippen LogP contribution in [0, 0.1) is 0 Å². The lowest BCUT2D eigenvalue weighted by Crippen LogP contribution is -1.97. The first-order chi connectivity index (χ1) is 7.26. The summed E-state index contributed by atoms with van der Waals surface area (Å²) >= 11 is 3.45. The molecule has 1 aromatic carbocycles. The van der Waals surface area contributed by atoms with Gasteiger partial charge in [0.25, 0.3) is 0 Å². The van der Waals surface area contributed by atoms with Crippen molar-refractivity contribution in [3.05, 3.63) is 22.8 Å². The van der Waals surface area contributed by atoms with Gasteiger partial charge in [0.1, 0.15) is 11.3 Å². The van der Waals surface area contributed by atoms with E-state index in [0.717, 1.165) is 21.1 Å². The fraction of sp³-hybridized carbons (Fsp3) is 0.200. The fourth-order valence-electron chi connectivity index (χ4n) is 1.35. The number of aromatic nitrogens is 2. The molecule has 4 nitrogen and oxygen atoms in total. The van der Waals surface area contributed by atoms with Gasteiger partial charge in [-0.3, -0.25) is 0 Å². The van der Waals surface area contributed by atoms with Gasteiger partial charge in [0, 0.05) is 23.1 Å². The summed E-state index contributed by atoms with van der Waals surface area (Å²) in [6, 6.07) is 3.79. The number of hydrogen-bond donors (Lipinski definition) is 1. The van der Waals surface area contributed by atoms with E-state index in [1.54, 1.807) is 20.4 Å². The van der Waals surface area contributed by atoms with Crippen LogP contribution >= 0.6 is 15.9 Å². The summed E-state index contributed by atoms with van der Waals surface area (Å²) in [4.78, 5) is 8.50. The van der Waals surface area contributed by atoms with Crippen molar-refractivity contribution in [1.82, 2.24) is 9.97 Å². The molecule has 78 valence electrons. The minimum absolute atomic E-state index is 0.582. The topological polar surface area (TPSA) is 47.0 Å². The Morgan fingerprint density at radius 1 is 1.40 bits per heavy atom. The van der Waals surface area contributed by atoms with Crippen LogP contribution in [0.3, 0.4) is 0 Å². The Labute approximate surface area is 95.8 Å². The SMILES string of the molecule is CNc1ncc2c(Br)ccc(OC)c2n1. The molecule has 5 heteroatoms. The molecule has 0 fully saturated rings. The molecule has 2 aromatic rings. The van der Waals surface area contributed by atoms with Gasteiger partial charge in [0.15, 0.2) is 0 Å². The number of fused-ring (bicyclic) bond motifs is 1. The van der Waals surface area contributed by atoms with Crippen molar-refractivity contribution in [3.8, 4) is 5.75 Å². The molecular formula is C10H10BrN3O. The molecule has 0 saturated heterocycles. The summed E-state index contributed by atoms with van der Waals surface area (Å²) in [5.41, 5.74) is 0.797. The summed E-state index contributed by atoms with van der Waals surface area (Å²) in [5, 5.41) is 3.84. The maximum atomic E-state index is 5.24. The highest BCUT2D eigenvalue weighted by molar-refractivity contribution is 9.10. The normalized spacial score (nSPS) is 10.3. The molecular weight excluding hydrogens is 258 g/mol. The molecule has 0 amide bonds. The van der Waals surface area contributed by atoms with Crippen LogP contribution in [0.25, 0.3) is 10.9 Å². The Hall–Kier alpha value is -1.36. The Balaban J connectivity index is 2.77. The first kappa shape index (κ1) is 10.2. The summed E-state index contributed by atoms with van der Waals surface area (Å²) < 4.78 is 6.20. The van der Waals surface area contributed by atoms with Gasteiger partial charge in [-0.25, -0.2) is 9.97 Å². The zero-order valence-electron chi connectivity index (χ0n) is 8.41. The molecule has 15 heavy (non-hydrogen) atoms. The summed E-state index contributed by atoms with van der Waals surface area (Å²) in [5.74, 6) is 1.33. The molecule has 1 aromatic heterocycles. The maximum absolute atomic E-state index is 5.24. The van der Waals surface area contributed by atoms with Crippen LogP contribution in [-0.2, 0) is 0 Å². The van der Waals surface area contributed by atoms with E-state index in [1.165, 1.54) is 0 Å². The van der Waals surface area contributed by atoms with Gasteiger partial charge in [-0.1, -0.05) is 15.9 Å². The van der Waals surface area contributed by atoms with Gasteiger partial charge in [-0.05, 0) is 12.1 Å². The van der Waals surface area contributed by atoms with Crippen LogP contribution in [0.2, 0.25) is 0 Å². The van der Waals surface area contributed by atoms with Gasteiger partial charge < -0.3 is 10.1 Å². The number of benzene rings is 1. The molecule has 0 bridgehead atoms. The molecule has 2 rings (SSSR count). The minimum Gasteiger partial charge on any atom is -0.494 e. The Bertz CT molecular complexity index is 501. The van der Waals surface area contributed by atoms with Gasteiger partial charge in [0.05, 0.1) is 7.11 Å². The molecule has 0 spiro atoms. The zero-order chi connectivity index (χ0) is 10.8. The predicted octanol–water partition coefficient (Wildman–Crippen LogP) is 2.44. The number of hydrogen-bond acceptors (Lipinski definition) is 4. The molecule has 0 aliphatic heterocycles. The number of ether oxygens (including phenoxy) is 1. The van der Waals surface area contributed by atoms with E-state index in [1.807, 2.05) is 12.1 Å². The highest BCUT2D eigenvalue weighted by atomic mass is 79.9. The van der Waals surface area contributed by atoms with E-state index >= 15 is 0 Å². The van der Waals surface area contributed by atoms with Crippen LogP contribution in [0.4, 0.5) is 5.95 Å². The number of anilines is 1. The van der Waals surface area contributed by atoms with Crippen LogP contribution < -0.4 is 10.1 Å². The fourth-order valence-corrected chi connectivity index (χ4v) is 1.77. The van der Waals surface area contributed by atoms with Crippen molar-refractivity contribution in [2.45, 2.75) is 0 Å². The lowest BCUT2D eigenvalue weighted by atomic mass is 10.2. The van der Waals surface area contributed by atoms with E-state index in [0.29, 0.717) is 5.95 Å². The second kappa shape index (κ2) is 4.02. The second-order valence-electron chi connectivity index (χ2n) is 2.96. The van der Waals surface area contributed by atoms with E-state index in [2.05, 4.69) is 31.2 Å². The van der Waals surface area contributed by atoms with Gasteiger partial charge in [0.2, 0.25) is 5.95 Å². The van der Waals surface area contributed by atoms with Crippen LogP contribution in [-0.4, -0.2) is 24.1 Å². The van der Waals surface area contributed by atoms with Crippen LogP contribution in [0.1, 0.15) is 0 Å².